The van der Waals surface area contributed by atoms with Crippen LogP contribution in [0.5, 0.6) is 0 Å². The van der Waals surface area contributed by atoms with Crippen molar-refractivity contribution in [1.29, 1.82) is 0 Å². The number of thiazole rings is 1. The molecule has 0 aliphatic heterocycles. The van der Waals surface area contributed by atoms with Crippen molar-refractivity contribution in [1.82, 2.24) is 14.8 Å². The van der Waals surface area contributed by atoms with E-state index in [4.69, 9.17) is 4.74 Å². The molecule has 0 radical (unpaired) electrons. The zero-order chi connectivity index (χ0) is 25.1. The maximum absolute atomic E-state index is 12.7. The number of fused-ring (bicyclic) bond motifs is 1. The molecular formula is C24H22F2N4O3S2. The van der Waals surface area contributed by atoms with E-state index in [-0.39, 0.29) is 18.3 Å². The Bertz CT molecular complexity index is 1380. The van der Waals surface area contributed by atoms with Gasteiger partial charge in [-0.25, -0.2) is 9.67 Å². The van der Waals surface area contributed by atoms with Crippen LogP contribution >= 0.6 is 23.1 Å². The summed E-state index contributed by atoms with van der Waals surface area (Å²) >= 11 is 1.70. The number of carbonyl (C=O) groups excluding carboxylic acids is 2. The number of methoxy groups -OCH3 is 1. The smallest absolute Gasteiger partial charge is 0.305 e. The molecule has 0 spiro atoms. The number of benzene rings is 2. The van der Waals surface area contributed by atoms with Crippen molar-refractivity contribution < 1.29 is 23.1 Å². The van der Waals surface area contributed by atoms with Crippen molar-refractivity contribution in [3.05, 3.63) is 65.0 Å². The van der Waals surface area contributed by atoms with Crippen molar-refractivity contribution in [2.45, 2.75) is 37.3 Å². The Balaban J connectivity index is 1.47. The first-order valence-corrected chi connectivity index (χ1v) is 12.3. The summed E-state index contributed by atoms with van der Waals surface area (Å²) < 4.78 is 32.4. The van der Waals surface area contributed by atoms with Gasteiger partial charge in [0.25, 0.3) is 11.7 Å². The molecule has 2 aromatic heterocycles. The maximum atomic E-state index is 12.7. The number of hydrogen-bond donors (Lipinski definition) is 1. The normalized spacial score (nSPS) is 11.3. The van der Waals surface area contributed by atoms with Gasteiger partial charge in [-0.2, -0.15) is 13.9 Å². The van der Waals surface area contributed by atoms with E-state index in [1.165, 1.54) is 18.4 Å². The molecular weight excluding hydrogens is 494 g/mol. The number of nitrogens with zero attached hydrogens (tertiary/aromatic N) is 3. The predicted octanol–water partition coefficient (Wildman–Crippen LogP) is 5.77. The molecule has 11 heteroatoms. The molecule has 0 unspecified atom stereocenters. The van der Waals surface area contributed by atoms with Crippen molar-refractivity contribution in [2.24, 2.45) is 0 Å². The minimum absolute atomic E-state index is 0.271. The van der Waals surface area contributed by atoms with Crippen molar-refractivity contribution in [3.63, 3.8) is 0 Å². The van der Waals surface area contributed by atoms with Crippen LogP contribution in [0.2, 0.25) is 0 Å². The summed E-state index contributed by atoms with van der Waals surface area (Å²) in [5.41, 5.74) is 4.60. The van der Waals surface area contributed by atoms with Crippen LogP contribution in [0.15, 0.2) is 47.4 Å². The molecule has 35 heavy (non-hydrogen) atoms. The van der Waals surface area contributed by atoms with E-state index in [1.54, 1.807) is 47.1 Å². The molecule has 1 N–H and O–H groups in total. The first-order chi connectivity index (χ1) is 16.7. The van der Waals surface area contributed by atoms with Crippen LogP contribution in [0.4, 0.5) is 13.9 Å². The van der Waals surface area contributed by atoms with Gasteiger partial charge in [0.1, 0.15) is 0 Å². The summed E-state index contributed by atoms with van der Waals surface area (Å²) in [6.07, 6.45) is 0.816. The Kier molecular flexibility index (Phi) is 7.46. The Morgan fingerprint density at radius 1 is 1.17 bits per heavy atom. The van der Waals surface area contributed by atoms with Crippen LogP contribution in [0.25, 0.3) is 15.9 Å². The molecule has 4 rings (SSSR count). The number of anilines is 1. The number of ether oxygens (including phenoxy) is 1. The second kappa shape index (κ2) is 10.5. The number of aromatic nitrogens is 3. The molecule has 0 aliphatic carbocycles. The Hall–Kier alpha value is -3.31. The molecule has 2 aromatic carbocycles. The second-order valence-corrected chi connectivity index (χ2v) is 9.76. The van der Waals surface area contributed by atoms with Crippen LogP contribution in [0.1, 0.15) is 33.7 Å². The number of aryl methyl sites for hydroxylation is 1. The topological polar surface area (TPSA) is 86.1 Å². The lowest BCUT2D eigenvalue weighted by Crippen LogP contribution is -2.11. The summed E-state index contributed by atoms with van der Waals surface area (Å²) in [7, 11) is 1.37. The molecule has 182 valence electrons. The predicted molar refractivity (Wildman–Crippen MR) is 133 cm³/mol. The van der Waals surface area contributed by atoms with Crippen LogP contribution in [0.3, 0.4) is 0 Å². The van der Waals surface area contributed by atoms with Gasteiger partial charge in [-0.15, -0.1) is 0 Å². The van der Waals surface area contributed by atoms with Crippen molar-refractivity contribution in [3.8, 4) is 5.69 Å². The fourth-order valence-corrected chi connectivity index (χ4v) is 5.19. The number of esters is 1. The molecule has 0 atom stereocenters. The zero-order valence-electron chi connectivity index (χ0n) is 19.2. The molecule has 2 heterocycles. The average molecular weight is 517 g/mol. The summed E-state index contributed by atoms with van der Waals surface area (Å²) in [5.74, 6) is -3.10. The van der Waals surface area contributed by atoms with E-state index < -0.39 is 5.76 Å². The van der Waals surface area contributed by atoms with E-state index in [1.807, 2.05) is 13.8 Å². The Morgan fingerprint density at radius 2 is 1.91 bits per heavy atom. The highest BCUT2D eigenvalue weighted by Gasteiger charge is 2.16. The third kappa shape index (κ3) is 5.68. The fraction of sp³-hybridized carbons (Fsp3) is 0.250. The fourth-order valence-electron chi connectivity index (χ4n) is 3.68. The van der Waals surface area contributed by atoms with Crippen LogP contribution in [0, 0.1) is 13.8 Å². The zero-order valence-corrected chi connectivity index (χ0v) is 20.8. The highest BCUT2D eigenvalue weighted by molar-refractivity contribution is 7.99. The molecule has 0 bridgehead atoms. The van der Waals surface area contributed by atoms with Crippen molar-refractivity contribution >= 4 is 50.3 Å². The number of nitrogens with one attached hydrogen (secondary N) is 1. The van der Waals surface area contributed by atoms with Crippen LogP contribution in [-0.2, 0) is 16.0 Å². The van der Waals surface area contributed by atoms with E-state index >= 15 is 0 Å². The third-order valence-corrected chi connectivity index (χ3v) is 7.07. The van der Waals surface area contributed by atoms with Gasteiger partial charge < -0.3 is 4.74 Å². The highest BCUT2D eigenvalue weighted by atomic mass is 32.2. The molecule has 4 aromatic rings. The quantitative estimate of drug-likeness (QED) is 0.236. The standard InChI is InChI=1S/C24H22F2N4O3S2/c1-13-18(9-11-21(31)33-3)14(2)30(29-13)16-6-4-15(5-7-16)22(32)28-24-27-19-10-8-17(34-23(25)26)12-20(19)35-24/h4-8,10,12,23H,9,11H2,1-3H3,(H,27,28,32). The number of amides is 1. The van der Waals surface area contributed by atoms with Crippen LogP contribution in [-0.4, -0.2) is 39.5 Å². The van der Waals surface area contributed by atoms with E-state index in [9.17, 15) is 18.4 Å². The molecule has 0 aliphatic rings. The largest absolute Gasteiger partial charge is 0.469 e. The van der Waals surface area contributed by atoms with Gasteiger partial charge in [-0.3, -0.25) is 14.9 Å². The van der Waals surface area contributed by atoms with Gasteiger partial charge in [0.2, 0.25) is 0 Å². The number of rotatable bonds is 8. The average Bonchev–Trinajstić information content (AvgIpc) is 3.35. The Labute approximate surface area is 208 Å². The second-order valence-electron chi connectivity index (χ2n) is 7.67. The van der Waals surface area contributed by atoms with Gasteiger partial charge in [0.15, 0.2) is 5.13 Å². The third-order valence-electron chi connectivity index (χ3n) is 5.43. The van der Waals surface area contributed by atoms with Gasteiger partial charge in [0, 0.05) is 22.6 Å². The van der Waals surface area contributed by atoms with Gasteiger partial charge in [-0.1, -0.05) is 23.1 Å². The minimum Gasteiger partial charge on any atom is -0.469 e. The number of halogens is 2. The number of alkyl halides is 2. The molecule has 7 nitrogen and oxygen atoms in total. The van der Waals surface area contributed by atoms with Gasteiger partial charge in [-0.05, 0) is 68.3 Å². The summed E-state index contributed by atoms with van der Waals surface area (Å²) in [4.78, 5) is 29.1. The minimum atomic E-state index is -2.50. The lowest BCUT2D eigenvalue weighted by atomic mass is 10.1. The van der Waals surface area contributed by atoms with E-state index in [0.29, 0.717) is 44.0 Å². The molecule has 0 fully saturated rings. The molecule has 0 saturated heterocycles. The Morgan fingerprint density at radius 3 is 2.60 bits per heavy atom. The van der Waals surface area contributed by atoms with Crippen molar-refractivity contribution in [2.75, 3.05) is 12.4 Å². The molecule has 1 amide bonds. The first kappa shape index (κ1) is 24.8. The van der Waals surface area contributed by atoms with E-state index in [0.717, 1.165) is 22.6 Å². The lowest BCUT2D eigenvalue weighted by Gasteiger charge is -2.07. The lowest BCUT2D eigenvalue weighted by molar-refractivity contribution is -0.140. The highest BCUT2D eigenvalue weighted by Crippen LogP contribution is 2.32. The summed E-state index contributed by atoms with van der Waals surface area (Å²) in [6, 6.07) is 11.9. The van der Waals surface area contributed by atoms with Gasteiger partial charge in [0.05, 0.1) is 28.7 Å². The summed E-state index contributed by atoms with van der Waals surface area (Å²) in [5, 5.41) is 7.75. The number of carbonyl (C=O) groups is 2. The maximum Gasteiger partial charge on any atom is 0.305 e. The van der Waals surface area contributed by atoms with Gasteiger partial charge >= 0.3 is 5.97 Å². The first-order valence-electron chi connectivity index (χ1n) is 10.6. The SMILES string of the molecule is COC(=O)CCc1c(C)nn(-c2ccc(C(=O)Nc3nc4ccc(SC(F)F)cc4s3)cc2)c1C. The molecule has 0 saturated carbocycles. The number of hydrogen-bond acceptors (Lipinski definition) is 7. The summed E-state index contributed by atoms with van der Waals surface area (Å²) in [6.45, 7) is 3.83. The van der Waals surface area contributed by atoms with Crippen LogP contribution < -0.4 is 5.32 Å². The number of thioether (sulfide) groups is 1. The monoisotopic (exact) mass is 516 g/mol. The van der Waals surface area contributed by atoms with E-state index in [2.05, 4.69) is 15.4 Å².